The molecule has 0 unspecified atom stereocenters. The monoisotopic (exact) mass is 524 g/mol. The molecule has 2 N–H and O–H groups in total. The van der Waals surface area contributed by atoms with E-state index >= 15 is 0 Å². The van der Waals surface area contributed by atoms with E-state index < -0.39 is 17.8 Å². The molecule has 3 aromatic carbocycles. The van der Waals surface area contributed by atoms with E-state index in [4.69, 9.17) is 21.1 Å². The minimum Gasteiger partial charge on any atom is -0.465 e. The van der Waals surface area contributed by atoms with E-state index in [9.17, 15) is 14.7 Å². The number of aliphatic hydroxyl groups is 1. The lowest BCUT2D eigenvalue weighted by Gasteiger charge is -2.29. The molecule has 0 fully saturated rings. The number of nitrogens with one attached hydrogen (secondary N) is 1. The molecule has 0 aliphatic carbocycles. The third-order valence-electron chi connectivity index (χ3n) is 5.50. The second-order valence-electron chi connectivity index (χ2n) is 9.64. The predicted molar refractivity (Wildman–Crippen MR) is 145 cm³/mol. The molecule has 0 spiro atoms. The maximum Gasteiger partial charge on any atom is 0.410 e. The molecule has 0 heterocycles. The molecule has 8 heteroatoms. The number of benzene rings is 3. The zero-order valence-corrected chi connectivity index (χ0v) is 22.3. The number of halogens is 1. The van der Waals surface area contributed by atoms with Crippen LogP contribution in [0.15, 0.2) is 72.8 Å². The largest absolute Gasteiger partial charge is 0.465 e. The fraction of sp³-hybridized carbons (Fsp3) is 0.310. The van der Waals surface area contributed by atoms with Crippen LogP contribution in [0, 0.1) is 0 Å². The number of hydrogen-bond acceptors (Lipinski definition) is 6. The maximum atomic E-state index is 12.9. The third-order valence-corrected chi connectivity index (χ3v) is 5.73. The van der Waals surface area contributed by atoms with Gasteiger partial charge in [0.25, 0.3) is 0 Å². The summed E-state index contributed by atoms with van der Waals surface area (Å²) in [5.41, 5.74) is 3.21. The molecule has 1 amide bonds. The van der Waals surface area contributed by atoms with Gasteiger partial charge >= 0.3 is 12.1 Å². The van der Waals surface area contributed by atoms with Gasteiger partial charge in [0.15, 0.2) is 0 Å². The number of carbonyl (C=O) groups excluding carboxylic acids is 2. The number of nitrogens with zero attached hydrogens (tertiary/aromatic N) is 1. The molecular weight excluding hydrogens is 492 g/mol. The molecule has 0 radical (unpaired) electrons. The van der Waals surface area contributed by atoms with Crippen LogP contribution in [0.4, 0.5) is 16.2 Å². The minimum absolute atomic E-state index is 0.0798. The lowest BCUT2D eigenvalue weighted by Crippen LogP contribution is -2.40. The first-order valence-corrected chi connectivity index (χ1v) is 12.4. The molecule has 7 nitrogen and oxygen atoms in total. The van der Waals surface area contributed by atoms with E-state index in [1.54, 1.807) is 36.4 Å². The van der Waals surface area contributed by atoms with Crippen LogP contribution < -0.4 is 5.32 Å². The molecule has 0 saturated heterocycles. The predicted octanol–water partition coefficient (Wildman–Crippen LogP) is 6.38. The van der Waals surface area contributed by atoms with Crippen molar-refractivity contribution in [3.8, 4) is 0 Å². The summed E-state index contributed by atoms with van der Waals surface area (Å²) in [6.07, 6.45) is -0.805. The molecule has 3 aromatic rings. The van der Waals surface area contributed by atoms with Crippen LogP contribution in [0.1, 0.15) is 48.4 Å². The van der Waals surface area contributed by atoms with Gasteiger partial charge in [-0.2, -0.15) is 0 Å². The highest BCUT2D eigenvalue weighted by Crippen LogP contribution is 2.22. The van der Waals surface area contributed by atoms with Gasteiger partial charge in [0, 0.05) is 22.9 Å². The molecule has 196 valence electrons. The Bertz CT molecular complexity index is 1190. The van der Waals surface area contributed by atoms with Crippen molar-refractivity contribution in [2.24, 2.45) is 0 Å². The summed E-state index contributed by atoms with van der Waals surface area (Å²) >= 11 is 6.07. The highest BCUT2D eigenvalue weighted by Gasteiger charge is 2.24. The first-order chi connectivity index (χ1) is 17.5. The topological polar surface area (TPSA) is 88.1 Å². The molecule has 0 aliphatic heterocycles. The Hall–Kier alpha value is -3.55. The molecule has 1 atom stereocenters. The van der Waals surface area contributed by atoms with Crippen molar-refractivity contribution >= 4 is 35.0 Å². The summed E-state index contributed by atoms with van der Waals surface area (Å²) in [5, 5.41) is 14.6. The van der Waals surface area contributed by atoms with E-state index in [2.05, 4.69) is 5.32 Å². The van der Waals surface area contributed by atoms with Gasteiger partial charge in [-0.15, -0.1) is 0 Å². The van der Waals surface area contributed by atoms with E-state index in [0.29, 0.717) is 29.1 Å². The summed E-state index contributed by atoms with van der Waals surface area (Å²) in [5.74, 6) is -0.378. The lowest BCUT2D eigenvalue weighted by molar-refractivity contribution is 0.0147. The molecule has 3 rings (SSSR count). The van der Waals surface area contributed by atoms with Crippen LogP contribution in [-0.4, -0.2) is 47.9 Å². The first-order valence-electron chi connectivity index (χ1n) is 12.0. The SMILES string of the molecule is COC(=O)c1ccc(Nc2ccc(CCN(C[C@H](O)c3cccc(Cl)c3)C(=O)OC(C)(C)C)cc2)cc1. The zero-order chi connectivity index (χ0) is 27.0. The molecule has 0 saturated carbocycles. The number of anilines is 2. The second kappa shape index (κ2) is 12.6. The van der Waals surface area contributed by atoms with Crippen LogP contribution in [0.2, 0.25) is 5.02 Å². The van der Waals surface area contributed by atoms with Crippen LogP contribution in [-0.2, 0) is 15.9 Å². The summed E-state index contributed by atoms with van der Waals surface area (Å²) in [6, 6.07) is 21.8. The number of amides is 1. The van der Waals surface area contributed by atoms with Gasteiger partial charge < -0.3 is 24.8 Å². The van der Waals surface area contributed by atoms with Gasteiger partial charge in [0.05, 0.1) is 25.3 Å². The second-order valence-corrected chi connectivity index (χ2v) is 10.1. The van der Waals surface area contributed by atoms with Gasteiger partial charge in [-0.1, -0.05) is 35.9 Å². The number of ether oxygens (including phenoxy) is 2. The minimum atomic E-state index is -0.900. The van der Waals surface area contributed by atoms with Crippen molar-refractivity contribution in [3.63, 3.8) is 0 Å². The Morgan fingerprint density at radius 3 is 2.19 bits per heavy atom. The smallest absolute Gasteiger partial charge is 0.410 e. The first kappa shape index (κ1) is 28.0. The fourth-order valence-corrected chi connectivity index (χ4v) is 3.80. The Balaban J connectivity index is 1.64. The molecule has 37 heavy (non-hydrogen) atoms. The summed E-state index contributed by atoms with van der Waals surface area (Å²) in [4.78, 5) is 26.0. The number of carbonyl (C=O) groups is 2. The Morgan fingerprint density at radius 1 is 1.00 bits per heavy atom. The van der Waals surface area contributed by atoms with Crippen LogP contribution in [0.5, 0.6) is 0 Å². The highest BCUT2D eigenvalue weighted by molar-refractivity contribution is 6.30. The number of hydrogen-bond donors (Lipinski definition) is 2. The summed E-state index contributed by atoms with van der Waals surface area (Å²) in [6.45, 7) is 5.88. The summed E-state index contributed by atoms with van der Waals surface area (Å²) < 4.78 is 10.3. The van der Waals surface area contributed by atoms with Crippen molar-refractivity contribution in [3.05, 3.63) is 94.5 Å². The van der Waals surface area contributed by atoms with Gasteiger partial charge in [0.2, 0.25) is 0 Å². The summed E-state index contributed by atoms with van der Waals surface area (Å²) in [7, 11) is 1.35. The molecule has 0 bridgehead atoms. The van der Waals surface area contributed by atoms with Crippen LogP contribution in [0.3, 0.4) is 0 Å². The fourth-order valence-electron chi connectivity index (χ4n) is 3.60. The average Bonchev–Trinajstić information content (AvgIpc) is 2.86. The quantitative estimate of drug-likeness (QED) is 0.316. The van der Waals surface area contributed by atoms with Crippen LogP contribution >= 0.6 is 11.6 Å². The van der Waals surface area contributed by atoms with Crippen molar-refractivity contribution in [2.45, 2.75) is 38.9 Å². The van der Waals surface area contributed by atoms with Gasteiger partial charge in [-0.25, -0.2) is 9.59 Å². The highest BCUT2D eigenvalue weighted by atomic mass is 35.5. The maximum absolute atomic E-state index is 12.9. The number of aliphatic hydroxyl groups excluding tert-OH is 1. The van der Waals surface area contributed by atoms with Gasteiger partial charge in [-0.05, 0) is 86.8 Å². The van der Waals surface area contributed by atoms with Crippen molar-refractivity contribution in [1.82, 2.24) is 4.90 Å². The number of rotatable bonds is 9. The Morgan fingerprint density at radius 2 is 1.62 bits per heavy atom. The Kier molecular flexibility index (Phi) is 9.55. The molecule has 0 aliphatic rings. The third kappa shape index (κ3) is 8.81. The van der Waals surface area contributed by atoms with Crippen LogP contribution in [0.25, 0.3) is 0 Å². The van der Waals surface area contributed by atoms with Gasteiger partial charge in [-0.3, -0.25) is 0 Å². The standard InChI is InChI=1S/C29H33ClN2O5/c1-29(2,3)37-28(35)32(19-26(33)22-6-5-7-23(30)18-22)17-16-20-8-12-24(13-9-20)31-25-14-10-21(11-15-25)27(34)36-4/h5-15,18,26,31,33H,16-17,19H2,1-4H3/t26-/m0/s1. The lowest BCUT2D eigenvalue weighted by atomic mass is 10.1. The van der Waals surface area contributed by atoms with E-state index in [0.717, 1.165) is 16.9 Å². The van der Waals surface area contributed by atoms with Crippen molar-refractivity contribution in [2.75, 3.05) is 25.5 Å². The molecular formula is C29H33ClN2O5. The average molecular weight is 525 g/mol. The zero-order valence-electron chi connectivity index (χ0n) is 21.5. The number of esters is 1. The van der Waals surface area contributed by atoms with E-state index in [1.165, 1.54) is 12.0 Å². The van der Waals surface area contributed by atoms with E-state index in [1.807, 2.05) is 57.2 Å². The van der Waals surface area contributed by atoms with E-state index in [-0.39, 0.29) is 12.5 Å². The number of methoxy groups -OCH3 is 1. The van der Waals surface area contributed by atoms with Gasteiger partial charge in [0.1, 0.15) is 5.60 Å². The van der Waals surface area contributed by atoms with Crippen molar-refractivity contribution < 1.29 is 24.2 Å². The molecule has 0 aromatic heterocycles. The Labute approximate surface area is 223 Å². The normalized spacial score (nSPS) is 11.9. The van der Waals surface area contributed by atoms with Crippen molar-refractivity contribution in [1.29, 1.82) is 0 Å².